The Morgan fingerprint density at radius 1 is 1.09 bits per heavy atom. The molecule has 0 spiro atoms. The number of carbonyl (C=O) groups is 2. The maximum Gasteiger partial charge on any atom is 0.244 e. The number of rotatable bonds is 9. The van der Waals surface area contributed by atoms with Gasteiger partial charge in [0.05, 0.1) is 11.9 Å². The zero-order valence-corrected chi connectivity index (χ0v) is 20.6. The summed E-state index contributed by atoms with van der Waals surface area (Å²) >= 11 is 6.20. The molecule has 0 unspecified atom stereocenters. The first-order valence-electron chi connectivity index (χ1n) is 10.3. The molecule has 0 heterocycles. The van der Waals surface area contributed by atoms with E-state index in [2.05, 4.69) is 5.32 Å². The van der Waals surface area contributed by atoms with E-state index in [9.17, 15) is 18.0 Å². The lowest BCUT2D eigenvalue weighted by Gasteiger charge is -2.33. The Balaban J connectivity index is 2.46. The van der Waals surface area contributed by atoms with Crippen molar-refractivity contribution in [2.24, 2.45) is 0 Å². The lowest BCUT2D eigenvalue weighted by atomic mass is 10.1. The van der Waals surface area contributed by atoms with Crippen molar-refractivity contribution in [3.63, 3.8) is 0 Å². The average molecular weight is 480 g/mol. The fraction of sp³-hybridized carbons (Fsp3) is 0.391. The highest BCUT2D eigenvalue weighted by Gasteiger charge is 2.31. The van der Waals surface area contributed by atoms with E-state index in [1.54, 1.807) is 19.1 Å². The van der Waals surface area contributed by atoms with Gasteiger partial charge in [0.15, 0.2) is 0 Å². The van der Waals surface area contributed by atoms with Gasteiger partial charge in [-0.2, -0.15) is 0 Å². The largest absolute Gasteiger partial charge is 0.357 e. The first kappa shape index (κ1) is 25.7. The Labute approximate surface area is 195 Å². The van der Waals surface area contributed by atoms with E-state index in [-0.39, 0.29) is 12.5 Å². The van der Waals surface area contributed by atoms with Gasteiger partial charge < -0.3 is 10.2 Å². The topological polar surface area (TPSA) is 86.8 Å². The summed E-state index contributed by atoms with van der Waals surface area (Å²) in [5.41, 5.74) is 2.94. The van der Waals surface area contributed by atoms with Gasteiger partial charge in [-0.3, -0.25) is 13.9 Å². The number of halogens is 1. The summed E-state index contributed by atoms with van der Waals surface area (Å²) in [6.45, 7) is 5.28. The summed E-state index contributed by atoms with van der Waals surface area (Å²) in [7, 11) is -2.28. The number of hydrogen-bond donors (Lipinski definition) is 1. The van der Waals surface area contributed by atoms with Crippen molar-refractivity contribution in [3.8, 4) is 0 Å². The SMILES string of the molecule is CC[C@@H](C(=O)NC)N(Cc1ccccc1C)C(=O)CN(c1ccc(C)c(Cl)c1)S(C)(=O)=O. The molecule has 7 nitrogen and oxygen atoms in total. The second-order valence-electron chi connectivity index (χ2n) is 7.69. The Bertz CT molecular complexity index is 1090. The Morgan fingerprint density at radius 2 is 1.75 bits per heavy atom. The van der Waals surface area contributed by atoms with Crippen molar-refractivity contribution >= 4 is 39.1 Å². The molecule has 0 saturated heterocycles. The minimum Gasteiger partial charge on any atom is -0.357 e. The highest BCUT2D eigenvalue weighted by Crippen LogP contribution is 2.25. The van der Waals surface area contributed by atoms with E-state index in [0.29, 0.717) is 17.1 Å². The average Bonchev–Trinajstić information content (AvgIpc) is 2.74. The number of benzene rings is 2. The molecular formula is C23H30ClN3O4S. The Kier molecular flexibility index (Phi) is 8.69. The van der Waals surface area contributed by atoms with Crippen LogP contribution in [0.1, 0.15) is 30.0 Å². The molecule has 1 atom stereocenters. The maximum absolute atomic E-state index is 13.5. The van der Waals surface area contributed by atoms with Crippen LogP contribution >= 0.6 is 11.6 Å². The lowest BCUT2D eigenvalue weighted by molar-refractivity contribution is -0.140. The van der Waals surface area contributed by atoms with Crippen LogP contribution in [0.3, 0.4) is 0 Å². The molecule has 0 radical (unpaired) electrons. The summed E-state index contributed by atoms with van der Waals surface area (Å²) in [4.78, 5) is 27.5. The molecule has 174 valence electrons. The fourth-order valence-electron chi connectivity index (χ4n) is 3.41. The number of carbonyl (C=O) groups excluding carboxylic acids is 2. The minimum atomic E-state index is -3.79. The summed E-state index contributed by atoms with van der Waals surface area (Å²) in [5, 5.41) is 3.00. The van der Waals surface area contributed by atoms with E-state index in [1.165, 1.54) is 18.0 Å². The van der Waals surface area contributed by atoms with Gasteiger partial charge in [0.2, 0.25) is 21.8 Å². The first-order valence-corrected chi connectivity index (χ1v) is 12.5. The van der Waals surface area contributed by atoms with Gasteiger partial charge in [-0.1, -0.05) is 48.9 Å². The second-order valence-corrected chi connectivity index (χ2v) is 10.0. The molecule has 0 fully saturated rings. The number of anilines is 1. The molecular weight excluding hydrogens is 450 g/mol. The first-order chi connectivity index (χ1) is 15.0. The van der Waals surface area contributed by atoms with E-state index < -0.39 is 28.5 Å². The van der Waals surface area contributed by atoms with E-state index in [1.807, 2.05) is 38.1 Å². The molecule has 2 rings (SSSR count). The van der Waals surface area contributed by atoms with Gasteiger partial charge in [0, 0.05) is 18.6 Å². The molecule has 0 aliphatic rings. The summed E-state index contributed by atoms with van der Waals surface area (Å²) in [6.07, 6.45) is 1.42. The molecule has 0 aromatic heterocycles. The van der Waals surface area contributed by atoms with Gasteiger partial charge in [0.1, 0.15) is 12.6 Å². The molecule has 2 amide bonds. The molecule has 1 N–H and O–H groups in total. The van der Waals surface area contributed by atoms with Crippen LogP contribution in [0, 0.1) is 13.8 Å². The van der Waals surface area contributed by atoms with E-state index >= 15 is 0 Å². The third-order valence-electron chi connectivity index (χ3n) is 5.36. The van der Waals surface area contributed by atoms with Crippen molar-refractivity contribution < 1.29 is 18.0 Å². The van der Waals surface area contributed by atoms with Gasteiger partial charge in [0.25, 0.3) is 0 Å². The number of likely N-dealkylation sites (N-methyl/N-ethyl adjacent to an activating group) is 1. The predicted molar refractivity (Wildman–Crippen MR) is 128 cm³/mol. The normalized spacial score (nSPS) is 12.2. The number of amides is 2. The van der Waals surface area contributed by atoms with Crippen LogP contribution in [0.5, 0.6) is 0 Å². The zero-order chi connectivity index (χ0) is 24.1. The summed E-state index contributed by atoms with van der Waals surface area (Å²) < 4.78 is 26.1. The van der Waals surface area contributed by atoms with Crippen LogP contribution in [0.2, 0.25) is 5.02 Å². The Morgan fingerprint density at radius 3 is 2.28 bits per heavy atom. The van der Waals surface area contributed by atoms with Crippen molar-refractivity contribution in [2.75, 3.05) is 24.2 Å². The number of nitrogens with zero attached hydrogens (tertiary/aromatic N) is 2. The molecule has 32 heavy (non-hydrogen) atoms. The van der Waals surface area contributed by atoms with Crippen molar-refractivity contribution in [3.05, 3.63) is 64.2 Å². The quantitative estimate of drug-likeness (QED) is 0.598. The molecule has 0 aliphatic carbocycles. The highest BCUT2D eigenvalue weighted by molar-refractivity contribution is 7.92. The molecule has 0 bridgehead atoms. The van der Waals surface area contributed by atoms with Crippen LogP contribution in [0.25, 0.3) is 0 Å². The molecule has 0 aliphatic heterocycles. The van der Waals surface area contributed by atoms with Crippen LogP contribution in [-0.2, 0) is 26.2 Å². The molecule has 9 heteroatoms. The van der Waals surface area contributed by atoms with Crippen LogP contribution in [0.4, 0.5) is 5.69 Å². The van der Waals surface area contributed by atoms with Gasteiger partial charge in [-0.15, -0.1) is 0 Å². The molecule has 2 aromatic rings. The van der Waals surface area contributed by atoms with E-state index in [4.69, 9.17) is 11.6 Å². The highest BCUT2D eigenvalue weighted by atomic mass is 35.5. The molecule has 0 saturated carbocycles. The van der Waals surface area contributed by atoms with Gasteiger partial charge in [-0.05, 0) is 49.1 Å². The Hall–Kier alpha value is -2.58. The van der Waals surface area contributed by atoms with Crippen LogP contribution < -0.4 is 9.62 Å². The van der Waals surface area contributed by atoms with Gasteiger partial charge >= 0.3 is 0 Å². The third-order valence-corrected chi connectivity index (χ3v) is 6.90. The minimum absolute atomic E-state index is 0.184. The predicted octanol–water partition coefficient (Wildman–Crippen LogP) is 3.28. The van der Waals surface area contributed by atoms with Gasteiger partial charge in [-0.25, -0.2) is 8.42 Å². The van der Waals surface area contributed by atoms with E-state index in [0.717, 1.165) is 27.3 Å². The third kappa shape index (κ3) is 6.23. The summed E-state index contributed by atoms with van der Waals surface area (Å²) in [6, 6.07) is 11.7. The molecule has 2 aromatic carbocycles. The monoisotopic (exact) mass is 479 g/mol. The standard InChI is InChI=1S/C23H30ClN3O4S/c1-6-21(23(29)25-4)26(14-18-10-8-7-9-16(18)2)22(28)15-27(32(5,30)31)19-12-11-17(3)20(24)13-19/h7-13,21H,6,14-15H2,1-5H3,(H,25,29)/t21-/m0/s1. The lowest BCUT2D eigenvalue weighted by Crippen LogP contribution is -2.51. The number of aryl methyl sites for hydroxylation is 2. The van der Waals surface area contributed by atoms with Crippen LogP contribution in [0.15, 0.2) is 42.5 Å². The van der Waals surface area contributed by atoms with Crippen molar-refractivity contribution in [1.29, 1.82) is 0 Å². The second kappa shape index (κ2) is 10.8. The van der Waals surface area contributed by atoms with Crippen LogP contribution in [-0.4, -0.2) is 51.0 Å². The summed E-state index contributed by atoms with van der Waals surface area (Å²) in [5.74, 6) is -0.787. The van der Waals surface area contributed by atoms with Crippen molar-refractivity contribution in [2.45, 2.75) is 39.8 Å². The number of nitrogens with one attached hydrogen (secondary N) is 1. The fourth-order valence-corrected chi connectivity index (χ4v) is 4.42. The number of hydrogen-bond acceptors (Lipinski definition) is 4. The smallest absolute Gasteiger partial charge is 0.244 e. The maximum atomic E-state index is 13.5. The zero-order valence-electron chi connectivity index (χ0n) is 19.1. The number of sulfonamides is 1. The van der Waals surface area contributed by atoms with Crippen molar-refractivity contribution in [1.82, 2.24) is 10.2 Å².